The average molecular weight is 270 g/mol. The number of hydrogen-bond acceptors (Lipinski definition) is 5. The van der Waals surface area contributed by atoms with Crippen LogP contribution in [0.4, 0.5) is 0 Å². The first-order valence-corrected chi connectivity index (χ1v) is 5.74. The fourth-order valence-electron chi connectivity index (χ4n) is 1.59. The number of rotatable bonds is 6. The highest BCUT2D eigenvalue weighted by atomic mass is 16.5. The van der Waals surface area contributed by atoms with E-state index in [1.807, 2.05) is 13.8 Å². The van der Waals surface area contributed by atoms with Crippen molar-refractivity contribution < 1.29 is 29.2 Å². The van der Waals surface area contributed by atoms with Gasteiger partial charge in [0.05, 0.1) is 20.3 Å². The van der Waals surface area contributed by atoms with Crippen LogP contribution in [-0.2, 0) is 4.79 Å². The summed E-state index contributed by atoms with van der Waals surface area (Å²) in [6.07, 6.45) is -1.76. The summed E-state index contributed by atoms with van der Waals surface area (Å²) in [5.74, 6) is -0.371. The lowest BCUT2D eigenvalue weighted by molar-refractivity contribution is -0.147. The number of aliphatic carboxylic acids is 1. The van der Waals surface area contributed by atoms with Crippen LogP contribution in [0.25, 0.3) is 0 Å². The second-order valence-corrected chi connectivity index (χ2v) is 4.15. The Morgan fingerprint density at radius 3 is 2.11 bits per heavy atom. The molecule has 0 bridgehead atoms. The second kappa shape index (κ2) is 6.29. The fourth-order valence-corrected chi connectivity index (χ4v) is 1.59. The molecule has 0 saturated heterocycles. The van der Waals surface area contributed by atoms with Gasteiger partial charge in [-0.05, 0) is 19.9 Å². The van der Waals surface area contributed by atoms with Crippen LogP contribution in [0.1, 0.15) is 25.5 Å². The van der Waals surface area contributed by atoms with Crippen LogP contribution in [0.15, 0.2) is 12.1 Å². The number of ether oxygens (including phenoxy) is 3. The average Bonchev–Trinajstić information content (AvgIpc) is 2.36. The summed E-state index contributed by atoms with van der Waals surface area (Å²) >= 11 is 0. The number of methoxy groups -OCH3 is 2. The van der Waals surface area contributed by atoms with E-state index in [0.29, 0.717) is 11.5 Å². The third-order valence-electron chi connectivity index (χ3n) is 2.41. The summed E-state index contributed by atoms with van der Waals surface area (Å²) in [5.41, 5.74) is 0.114. The minimum absolute atomic E-state index is 0.0751. The van der Waals surface area contributed by atoms with Crippen LogP contribution in [0.2, 0.25) is 0 Å². The molecular weight excluding hydrogens is 252 g/mol. The van der Waals surface area contributed by atoms with Gasteiger partial charge in [-0.3, -0.25) is 0 Å². The molecule has 106 valence electrons. The van der Waals surface area contributed by atoms with Crippen molar-refractivity contribution in [2.45, 2.75) is 26.1 Å². The molecule has 1 aromatic rings. The Morgan fingerprint density at radius 2 is 1.68 bits per heavy atom. The van der Waals surface area contributed by atoms with E-state index in [4.69, 9.17) is 19.3 Å². The van der Waals surface area contributed by atoms with Gasteiger partial charge in [-0.2, -0.15) is 0 Å². The summed E-state index contributed by atoms with van der Waals surface area (Å²) in [6, 6.07) is 2.90. The summed E-state index contributed by atoms with van der Waals surface area (Å²) in [4.78, 5) is 10.9. The number of carboxylic acid groups (broad SMARTS) is 1. The van der Waals surface area contributed by atoms with Gasteiger partial charge in [0.1, 0.15) is 5.75 Å². The molecule has 1 atom stereocenters. The Kier molecular flexibility index (Phi) is 5.00. The lowest BCUT2D eigenvalue weighted by Gasteiger charge is -2.18. The van der Waals surface area contributed by atoms with Crippen LogP contribution in [0.5, 0.6) is 17.2 Å². The molecule has 0 saturated carbocycles. The molecule has 0 heterocycles. The summed E-state index contributed by atoms with van der Waals surface area (Å²) in [6.45, 7) is 3.71. The summed E-state index contributed by atoms with van der Waals surface area (Å²) in [5, 5.41) is 18.5. The van der Waals surface area contributed by atoms with Gasteiger partial charge in [-0.25, -0.2) is 4.79 Å². The maximum atomic E-state index is 10.9. The van der Waals surface area contributed by atoms with E-state index in [-0.39, 0.29) is 17.4 Å². The van der Waals surface area contributed by atoms with Crippen molar-refractivity contribution in [1.82, 2.24) is 0 Å². The third-order valence-corrected chi connectivity index (χ3v) is 2.41. The standard InChI is InChI=1S/C13H18O6/c1-7(2)19-11-6-9(17-3)8(5-10(11)18-4)12(14)13(15)16/h5-7,12,14H,1-4H3,(H,15,16). The Bertz CT molecular complexity index is 455. The largest absolute Gasteiger partial charge is 0.496 e. The fraction of sp³-hybridized carbons (Fsp3) is 0.462. The normalized spacial score (nSPS) is 12.1. The van der Waals surface area contributed by atoms with Gasteiger partial charge in [0.2, 0.25) is 0 Å². The Morgan fingerprint density at radius 1 is 1.11 bits per heavy atom. The first-order chi connectivity index (χ1) is 8.90. The van der Waals surface area contributed by atoms with Crippen molar-refractivity contribution in [3.8, 4) is 17.2 Å². The van der Waals surface area contributed by atoms with Gasteiger partial charge in [0, 0.05) is 11.6 Å². The Labute approximate surface area is 111 Å². The van der Waals surface area contributed by atoms with Crippen molar-refractivity contribution >= 4 is 5.97 Å². The molecule has 19 heavy (non-hydrogen) atoms. The molecule has 2 N–H and O–H groups in total. The third kappa shape index (κ3) is 3.51. The van der Waals surface area contributed by atoms with E-state index < -0.39 is 12.1 Å². The molecule has 6 nitrogen and oxygen atoms in total. The number of benzene rings is 1. The number of aliphatic hydroxyl groups is 1. The first-order valence-electron chi connectivity index (χ1n) is 5.74. The van der Waals surface area contributed by atoms with Gasteiger partial charge < -0.3 is 24.4 Å². The maximum absolute atomic E-state index is 10.9. The Hall–Kier alpha value is -1.95. The highest BCUT2D eigenvalue weighted by Gasteiger charge is 2.23. The van der Waals surface area contributed by atoms with Crippen molar-refractivity contribution in [3.05, 3.63) is 17.7 Å². The zero-order valence-electron chi connectivity index (χ0n) is 11.3. The molecule has 0 aliphatic carbocycles. The maximum Gasteiger partial charge on any atom is 0.337 e. The van der Waals surface area contributed by atoms with Crippen molar-refractivity contribution in [3.63, 3.8) is 0 Å². The number of hydrogen-bond donors (Lipinski definition) is 2. The highest BCUT2D eigenvalue weighted by molar-refractivity contribution is 5.76. The zero-order chi connectivity index (χ0) is 14.6. The molecule has 0 fully saturated rings. The predicted octanol–water partition coefficient (Wildman–Crippen LogP) is 1.61. The molecule has 1 aromatic carbocycles. The van der Waals surface area contributed by atoms with E-state index in [1.165, 1.54) is 26.4 Å². The monoisotopic (exact) mass is 270 g/mol. The molecule has 0 aromatic heterocycles. The molecule has 0 aliphatic rings. The molecule has 1 unspecified atom stereocenters. The van der Waals surface area contributed by atoms with Crippen LogP contribution in [0, 0.1) is 0 Å². The smallest absolute Gasteiger partial charge is 0.337 e. The van der Waals surface area contributed by atoms with Gasteiger partial charge in [0.15, 0.2) is 17.6 Å². The van der Waals surface area contributed by atoms with Gasteiger partial charge in [-0.15, -0.1) is 0 Å². The van der Waals surface area contributed by atoms with Gasteiger partial charge >= 0.3 is 5.97 Å². The SMILES string of the molecule is COc1cc(C(O)C(=O)O)c(OC)cc1OC(C)C. The summed E-state index contributed by atoms with van der Waals surface area (Å²) < 4.78 is 15.8. The molecule has 0 amide bonds. The van der Waals surface area contributed by atoms with E-state index in [0.717, 1.165) is 0 Å². The lowest BCUT2D eigenvalue weighted by Crippen LogP contribution is -2.13. The second-order valence-electron chi connectivity index (χ2n) is 4.15. The Balaban J connectivity index is 3.30. The summed E-state index contributed by atoms with van der Waals surface area (Å²) in [7, 11) is 2.82. The van der Waals surface area contributed by atoms with Crippen LogP contribution in [0.3, 0.4) is 0 Å². The van der Waals surface area contributed by atoms with E-state index >= 15 is 0 Å². The number of aliphatic hydroxyl groups excluding tert-OH is 1. The van der Waals surface area contributed by atoms with Crippen LogP contribution in [-0.4, -0.2) is 36.5 Å². The topological polar surface area (TPSA) is 85.2 Å². The number of carboxylic acids is 1. The van der Waals surface area contributed by atoms with E-state index in [1.54, 1.807) is 0 Å². The molecule has 6 heteroatoms. The predicted molar refractivity (Wildman–Crippen MR) is 67.9 cm³/mol. The molecule has 0 radical (unpaired) electrons. The molecular formula is C13H18O6. The highest BCUT2D eigenvalue weighted by Crippen LogP contribution is 2.38. The quantitative estimate of drug-likeness (QED) is 0.816. The van der Waals surface area contributed by atoms with Gasteiger partial charge in [-0.1, -0.05) is 0 Å². The van der Waals surface area contributed by atoms with E-state index in [2.05, 4.69) is 0 Å². The molecule has 1 rings (SSSR count). The minimum Gasteiger partial charge on any atom is -0.496 e. The first kappa shape index (κ1) is 15.1. The van der Waals surface area contributed by atoms with Crippen molar-refractivity contribution in [2.75, 3.05) is 14.2 Å². The van der Waals surface area contributed by atoms with E-state index in [9.17, 15) is 9.90 Å². The van der Waals surface area contributed by atoms with Crippen LogP contribution >= 0.6 is 0 Å². The lowest BCUT2D eigenvalue weighted by atomic mass is 10.1. The zero-order valence-corrected chi connectivity index (χ0v) is 11.3. The molecule has 0 aliphatic heterocycles. The van der Waals surface area contributed by atoms with Crippen molar-refractivity contribution in [1.29, 1.82) is 0 Å². The van der Waals surface area contributed by atoms with Gasteiger partial charge in [0.25, 0.3) is 0 Å². The van der Waals surface area contributed by atoms with Crippen LogP contribution < -0.4 is 14.2 Å². The minimum atomic E-state index is -1.68. The number of carbonyl (C=O) groups is 1. The van der Waals surface area contributed by atoms with Crippen molar-refractivity contribution in [2.24, 2.45) is 0 Å². The molecule has 0 spiro atoms.